The van der Waals surface area contributed by atoms with Crippen molar-refractivity contribution in [2.24, 2.45) is 5.92 Å². The van der Waals surface area contributed by atoms with Crippen LogP contribution in [0.1, 0.15) is 57.1 Å². The molecule has 1 atom stereocenters. The Labute approximate surface area is 211 Å². The third kappa shape index (κ3) is 4.65. The van der Waals surface area contributed by atoms with E-state index in [1.807, 2.05) is 11.5 Å². The summed E-state index contributed by atoms with van der Waals surface area (Å²) in [6.45, 7) is 2.98. The predicted molar refractivity (Wildman–Crippen MR) is 130 cm³/mol. The lowest BCUT2D eigenvalue weighted by Crippen LogP contribution is -2.39. The molecular formula is C25H27F4N3O2S2. The maximum absolute atomic E-state index is 14.2. The van der Waals surface area contributed by atoms with Gasteiger partial charge in [0.2, 0.25) is 10.0 Å². The smallest absolute Gasteiger partial charge is 0.243 e. The van der Waals surface area contributed by atoms with Crippen molar-refractivity contribution >= 4 is 32.8 Å². The van der Waals surface area contributed by atoms with E-state index in [0.29, 0.717) is 23.8 Å². The zero-order valence-electron chi connectivity index (χ0n) is 19.8. The highest BCUT2D eigenvalue weighted by Gasteiger charge is 2.30. The van der Waals surface area contributed by atoms with Crippen LogP contribution >= 0.6 is 11.8 Å². The number of sulfonamides is 1. The summed E-state index contributed by atoms with van der Waals surface area (Å²) in [4.78, 5) is 4.78. The summed E-state index contributed by atoms with van der Waals surface area (Å²) in [5.41, 5.74) is 0.494. The van der Waals surface area contributed by atoms with Crippen LogP contribution in [0, 0.1) is 29.2 Å². The molecule has 1 aliphatic heterocycles. The van der Waals surface area contributed by atoms with Gasteiger partial charge in [0.15, 0.2) is 28.4 Å². The van der Waals surface area contributed by atoms with Crippen LogP contribution in [0.4, 0.5) is 17.6 Å². The normalized spacial score (nSPS) is 20.0. The summed E-state index contributed by atoms with van der Waals surface area (Å²) < 4.78 is 86.0. The lowest BCUT2D eigenvalue weighted by molar-refractivity contribution is 0.281. The number of thioether (sulfide) groups is 1. The Morgan fingerprint density at radius 3 is 2.36 bits per heavy atom. The minimum absolute atomic E-state index is 0.0989. The molecule has 1 aliphatic carbocycles. The van der Waals surface area contributed by atoms with Gasteiger partial charge in [0.1, 0.15) is 0 Å². The molecule has 36 heavy (non-hydrogen) atoms. The van der Waals surface area contributed by atoms with Crippen LogP contribution in [0.25, 0.3) is 11.0 Å². The molecule has 5 rings (SSSR count). The van der Waals surface area contributed by atoms with Crippen LogP contribution in [-0.2, 0) is 15.8 Å². The van der Waals surface area contributed by atoms with Gasteiger partial charge in [0, 0.05) is 36.5 Å². The van der Waals surface area contributed by atoms with E-state index in [0.717, 1.165) is 55.8 Å². The average molecular weight is 542 g/mol. The number of hydrogen-bond acceptors (Lipinski definition) is 4. The molecule has 0 spiro atoms. The molecular weight excluding hydrogens is 514 g/mol. The van der Waals surface area contributed by atoms with E-state index in [4.69, 9.17) is 0 Å². The fourth-order valence-corrected chi connectivity index (χ4v) is 7.93. The monoisotopic (exact) mass is 541 g/mol. The first-order valence-electron chi connectivity index (χ1n) is 12.1. The average Bonchev–Trinajstić information content (AvgIpc) is 3.49. The van der Waals surface area contributed by atoms with Gasteiger partial charge in [-0.3, -0.25) is 0 Å². The summed E-state index contributed by atoms with van der Waals surface area (Å²) in [6.07, 6.45) is 5.63. The Morgan fingerprint density at radius 1 is 1.00 bits per heavy atom. The first-order valence-corrected chi connectivity index (χ1v) is 14.6. The fraction of sp³-hybridized carbons (Fsp3) is 0.480. The quantitative estimate of drug-likeness (QED) is 0.205. The van der Waals surface area contributed by atoms with Gasteiger partial charge in [-0.25, -0.2) is 31.0 Å². The summed E-state index contributed by atoms with van der Waals surface area (Å²) in [7, 11) is -3.69. The number of benzene rings is 2. The number of imidazole rings is 1. The van der Waals surface area contributed by atoms with Gasteiger partial charge in [-0.05, 0) is 49.8 Å². The van der Waals surface area contributed by atoms with Gasteiger partial charge in [-0.2, -0.15) is 4.31 Å². The minimum atomic E-state index is -3.69. The molecule has 0 amide bonds. The molecule has 2 aromatic carbocycles. The number of nitrogens with zero attached hydrogens (tertiary/aromatic N) is 3. The zero-order valence-corrected chi connectivity index (χ0v) is 21.4. The Morgan fingerprint density at radius 2 is 1.69 bits per heavy atom. The third-order valence-electron chi connectivity index (χ3n) is 7.12. The molecule has 11 heteroatoms. The van der Waals surface area contributed by atoms with Crippen molar-refractivity contribution in [2.45, 2.75) is 67.3 Å². The maximum Gasteiger partial charge on any atom is 0.243 e. The predicted octanol–water partition coefficient (Wildman–Crippen LogP) is 6.42. The van der Waals surface area contributed by atoms with Crippen molar-refractivity contribution in [3.63, 3.8) is 0 Å². The summed E-state index contributed by atoms with van der Waals surface area (Å²) in [5, 5.41) is 0.432. The van der Waals surface area contributed by atoms with Gasteiger partial charge < -0.3 is 4.57 Å². The molecule has 0 N–H and O–H groups in total. The van der Waals surface area contributed by atoms with E-state index < -0.39 is 38.9 Å². The highest BCUT2D eigenvalue weighted by atomic mass is 32.2. The highest BCUT2D eigenvalue weighted by molar-refractivity contribution is 7.98. The Bertz CT molecular complexity index is 1380. The van der Waals surface area contributed by atoms with E-state index in [1.54, 1.807) is 18.2 Å². The third-order valence-corrected chi connectivity index (χ3v) is 9.96. The van der Waals surface area contributed by atoms with Crippen LogP contribution in [0.2, 0.25) is 0 Å². The van der Waals surface area contributed by atoms with Crippen molar-refractivity contribution in [3.05, 3.63) is 53.1 Å². The number of fused-ring (bicyclic) bond motifs is 1. The number of halogens is 4. The van der Waals surface area contributed by atoms with Gasteiger partial charge >= 0.3 is 0 Å². The van der Waals surface area contributed by atoms with Crippen molar-refractivity contribution < 1.29 is 26.0 Å². The molecule has 0 unspecified atom stereocenters. The van der Waals surface area contributed by atoms with E-state index in [-0.39, 0.29) is 28.7 Å². The largest absolute Gasteiger partial charge is 0.316 e. The van der Waals surface area contributed by atoms with Gasteiger partial charge in [0.25, 0.3) is 0 Å². The summed E-state index contributed by atoms with van der Waals surface area (Å²) >= 11 is 0.979. The van der Waals surface area contributed by atoms with Crippen LogP contribution in [0.3, 0.4) is 0 Å². The molecule has 2 fully saturated rings. The van der Waals surface area contributed by atoms with Gasteiger partial charge in [-0.15, -0.1) is 0 Å². The number of aromatic nitrogens is 2. The number of hydrogen-bond donors (Lipinski definition) is 0. The minimum Gasteiger partial charge on any atom is -0.316 e. The van der Waals surface area contributed by atoms with Crippen molar-refractivity contribution in [1.82, 2.24) is 13.9 Å². The first-order chi connectivity index (χ1) is 17.2. The summed E-state index contributed by atoms with van der Waals surface area (Å²) in [6, 6.07) is 5.15. The molecule has 0 radical (unpaired) electrons. The second-order valence-electron chi connectivity index (χ2n) is 9.70. The Balaban J connectivity index is 1.52. The maximum atomic E-state index is 14.2. The van der Waals surface area contributed by atoms with E-state index in [2.05, 4.69) is 4.98 Å². The standard InChI is InChI=1S/C25H27F4N3O2S2/c1-15-5-4-10-31(13-15)36(33,34)17-8-9-22-21(11-17)30-25(32(22)16-6-2-3-7-16)35-14-18-23(28)19(26)12-20(27)24(18)29/h8-9,11-12,15-16H,2-7,10,13-14H2,1H3/t15-/m1/s1. The van der Waals surface area contributed by atoms with E-state index >= 15 is 0 Å². The van der Waals surface area contributed by atoms with Crippen LogP contribution in [0.15, 0.2) is 34.3 Å². The van der Waals surface area contributed by atoms with Crippen LogP contribution in [0.5, 0.6) is 0 Å². The van der Waals surface area contributed by atoms with Crippen molar-refractivity contribution in [2.75, 3.05) is 13.1 Å². The first kappa shape index (κ1) is 25.5. The topological polar surface area (TPSA) is 55.2 Å². The molecule has 5 nitrogen and oxygen atoms in total. The van der Waals surface area contributed by atoms with Crippen molar-refractivity contribution in [3.8, 4) is 0 Å². The lowest BCUT2D eigenvalue weighted by Gasteiger charge is -2.30. The number of rotatable bonds is 6. The van der Waals surface area contributed by atoms with Crippen LogP contribution < -0.4 is 0 Å². The fourth-order valence-electron chi connectivity index (χ4n) is 5.23. The molecule has 0 bridgehead atoms. The van der Waals surface area contributed by atoms with Crippen LogP contribution in [-0.4, -0.2) is 35.4 Å². The Hall–Kier alpha value is -2.11. The van der Waals surface area contributed by atoms with E-state index in [1.165, 1.54) is 4.31 Å². The zero-order chi connectivity index (χ0) is 25.6. The lowest BCUT2D eigenvalue weighted by atomic mass is 10.0. The second-order valence-corrected chi connectivity index (χ2v) is 12.6. The molecule has 1 aromatic heterocycles. The molecule has 2 heterocycles. The van der Waals surface area contributed by atoms with E-state index in [9.17, 15) is 26.0 Å². The van der Waals surface area contributed by atoms with Gasteiger partial charge in [0.05, 0.1) is 15.9 Å². The second kappa shape index (κ2) is 9.98. The summed E-state index contributed by atoms with van der Waals surface area (Å²) in [5.74, 6) is -5.82. The SMILES string of the molecule is C[C@@H]1CCCN(S(=O)(=O)c2ccc3c(c2)nc(SCc2c(F)c(F)cc(F)c2F)n3C2CCCC2)C1. The number of piperidine rings is 1. The van der Waals surface area contributed by atoms with Gasteiger partial charge in [-0.1, -0.05) is 31.5 Å². The molecule has 2 aliphatic rings. The highest BCUT2D eigenvalue weighted by Crippen LogP contribution is 2.39. The Kier molecular flexibility index (Phi) is 7.08. The molecule has 1 saturated heterocycles. The molecule has 194 valence electrons. The molecule has 3 aromatic rings. The molecule has 1 saturated carbocycles. The van der Waals surface area contributed by atoms with Crippen molar-refractivity contribution in [1.29, 1.82) is 0 Å².